The molecular weight excluding hydrogens is 114 g/mol. The quantitative estimate of drug-likeness (QED) is 0.524. The zero-order valence-corrected chi connectivity index (χ0v) is 5.78. The van der Waals surface area contributed by atoms with Crippen molar-refractivity contribution in [3.63, 3.8) is 0 Å². The molecule has 0 aromatic heterocycles. The Bertz CT molecular complexity index is 138. The summed E-state index contributed by atoms with van der Waals surface area (Å²) in [5, 5.41) is 12.3. The van der Waals surface area contributed by atoms with Gasteiger partial charge >= 0.3 is 0 Å². The van der Waals surface area contributed by atoms with E-state index in [1.54, 1.807) is 0 Å². The van der Waals surface area contributed by atoms with Crippen LogP contribution in [-0.2, 0) is 0 Å². The zero-order chi connectivity index (χ0) is 6.54. The first-order valence-corrected chi connectivity index (χ1v) is 3.54. The molecule has 2 saturated heterocycles. The Morgan fingerprint density at radius 1 is 1.56 bits per heavy atom. The van der Waals surface area contributed by atoms with E-state index in [0.29, 0.717) is 12.0 Å². The van der Waals surface area contributed by atoms with Gasteiger partial charge in [-0.2, -0.15) is 0 Å². The average molecular weight is 127 g/mol. The maximum absolute atomic E-state index is 8.92. The minimum absolute atomic E-state index is 0.148. The van der Waals surface area contributed by atoms with Crippen LogP contribution in [0.2, 0.25) is 0 Å². The lowest BCUT2D eigenvalue weighted by Crippen LogP contribution is -2.49. The largest absolute Gasteiger partial charge is 0.394 e. The van der Waals surface area contributed by atoms with E-state index in [1.165, 1.54) is 12.8 Å². The van der Waals surface area contributed by atoms with E-state index >= 15 is 0 Å². The molecule has 2 aliphatic heterocycles. The summed E-state index contributed by atoms with van der Waals surface area (Å²) in [7, 11) is 0. The third-order valence-corrected chi connectivity index (χ3v) is 2.72. The maximum atomic E-state index is 8.92. The maximum Gasteiger partial charge on any atom is 0.0613 e. The van der Waals surface area contributed by atoms with E-state index in [2.05, 4.69) is 12.2 Å². The molecule has 0 unspecified atom stereocenters. The highest BCUT2D eigenvalue weighted by molar-refractivity contribution is 5.14. The van der Waals surface area contributed by atoms with Crippen LogP contribution < -0.4 is 5.32 Å². The first-order chi connectivity index (χ1) is 4.18. The molecule has 2 heteroatoms. The molecule has 0 aromatic rings. The van der Waals surface area contributed by atoms with Crippen molar-refractivity contribution in [1.82, 2.24) is 5.32 Å². The molecule has 1 aliphatic carbocycles. The van der Waals surface area contributed by atoms with Gasteiger partial charge in [-0.1, -0.05) is 6.92 Å². The topological polar surface area (TPSA) is 32.3 Å². The fraction of sp³-hybridized carbons (Fsp3) is 1.00. The van der Waals surface area contributed by atoms with Gasteiger partial charge in [-0.05, 0) is 18.3 Å². The molecule has 1 saturated carbocycles. The Kier molecular flexibility index (Phi) is 0.837. The van der Waals surface area contributed by atoms with E-state index in [1.807, 2.05) is 0 Å². The first kappa shape index (κ1) is 5.69. The lowest BCUT2D eigenvalue weighted by atomic mass is 9.64. The van der Waals surface area contributed by atoms with E-state index in [0.717, 1.165) is 6.54 Å². The van der Waals surface area contributed by atoms with Crippen molar-refractivity contribution in [3.05, 3.63) is 0 Å². The number of rotatable bonds is 1. The van der Waals surface area contributed by atoms with E-state index in [4.69, 9.17) is 5.11 Å². The molecule has 0 atom stereocenters. The standard InChI is InChI=1S/C7H13NO/c1-6-2-7(3-6,5-9)8-4-6/h8-9H,2-5H2,1H3. The minimum atomic E-state index is 0.148. The van der Waals surface area contributed by atoms with Gasteiger partial charge in [0.2, 0.25) is 0 Å². The van der Waals surface area contributed by atoms with Gasteiger partial charge in [0.15, 0.2) is 0 Å². The summed E-state index contributed by atoms with van der Waals surface area (Å²) in [6.45, 7) is 3.71. The number of nitrogens with one attached hydrogen (secondary N) is 1. The van der Waals surface area contributed by atoms with Gasteiger partial charge in [0.05, 0.1) is 6.61 Å². The van der Waals surface area contributed by atoms with Crippen LogP contribution in [0.4, 0.5) is 0 Å². The van der Waals surface area contributed by atoms with Crippen molar-refractivity contribution in [1.29, 1.82) is 0 Å². The Morgan fingerprint density at radius 3 is 2.44 bits per heavy atom. The normalized spacial score (nSPS) is 55.3. The van der Waals surface area contributed by atoms with Crippen LogP contribution in [0.5, 0.6) is 0 Å². The summed E-state index contributed by atoms with van der Waals surface area (Å²) in [6, 6.07) is 0. The summed E-state index contributed by atoms with van der Waals surface area (Å²) in [4.78, 5) is 0. The smallest absolute Gasteiger partial charge is 0.0613 e. The van der Waals surface area contributed by atoms with Crippen LogP contribution >= 0.6 is 0 Å². The Morgan fingerprint density at radius 2 is 2.22 bits per heavy atom. The molecule has 0 spiro atoms. The Hall–Kier alpha value is -0.0800. The third-order valence-electron chi connectivity index (χ3n) is 2.72. The predicted octanol–water partition coefficient (Wildman–Crippen LogP) is 0.121. The molecule has 9 heavy (non-hydrogen) atoms. The fourth-order valence-electron chi connectivity index (χ4n) is 2.40. The lowest BCUT2D eigenvalue weighted by molar-refractivity contribution is 0.0671. The number of fused-ring (bicyclic) bond motifs is 1. The minimum Gasteiger partial charge on any atom is -0.394 e. The summed E-state index contributed by atoms with van der Waals surface area (Å²) < 4.78 is 0. The van der Waals surface area contributed by atoms with Crippen LogP contribution in [0, 0.1) is 5.41 Å². The molecule has 3 rings (SSSR count). The number of hydrogen-bond donors (Lipinski definition) is 2. The van der Waals surface area contributed by atoms with Gasteiger partial charge in [-0.15, -0.1) is 0 Å². The van der Waals surface area contributed by atoms with Crippen LogP contribution in [0.15, 0.2) is 0 Å². The number of hydrogen-bond acceptors (Lipinski definition) is 2. The van der Waals surface area contributed by atoms with E-state index in [9.17, 15) is 0 Å². The monoisotopic (exact) mass is 127 g/mol. The second kappa shape index (κ2) is 1.32. The van der Waals surface area contributed by atoms with Gasteiger partial charge in [0.1, 0.15) is 0 Å². The highest BCUT2D eigenvalue weighted by atomic mass is 16.3. The Balaban J connectivity index is 2.12. The van der Waals surface area contributed by atoms with Crippen LogP contribution in [0.1, 0.15) is 19.8 Å². The van der Waals surface area contributed by atoms with Gasteiger partial charge in [-0.25, -0.2) is 0 Å². The summed E-state index contributed by atoms with van der Waals surface area (Å²) >= 11 is 0. The predicted molar refractivity (Wildman–Crippen MR) is 35.2 cm³/mol. The van der Waals surface area contributed by atoms with Gasteiger partial charge < -0.3 is 10.4 Å². The molecule has 3 fully saturated rings. The van der Waals surface area contributed by atoms with Crippen molar-refractivity contribution in [2.24, 2.45) is 5.41 Å². The van der Waals surface area contributed by atoms with E-state index in [-0.39, 0.29) is 5.54 Å². The number of aliphatic hydroxyl groups is 1. The highest BCUT2D eigenvalue weighted by Gasteiger charge is 2.57. The van der Waals surface area contributed by atoms with Gasteiger partial charge in [0, 0.05) is 12.1 Å². The van der Waals surface area contributed by atoms with Gasteiger partial charge in [-0.3, -0.25) is 0 Å². The average Bonchev–Trinajstić information content (AvgIpc) is 2.20. The van der Waals surface area contributed by atoms with Crippen molar-refractivity contribution >= 4 is 0 Å². The second-order valence-corrected chi connectivity index (χ2v) is 3.96. The molecular formula is C7H13NO. The van der Waals surface area contributed by atoms with Crippen LogP contribution in [0.3, 0.4) is 0 Å². The zero-order valence-electron chi connectivity index (χ0n) is 5.78. The molecule has 0 radical (unpaired) electrons. The molecule has 2 nitrogen and oxygen atoms in total. The summed E-state index contributed by atoms with van der Waals surface area (Å²) in [5.74, 6) is 0. The van der Waals surface area contributed by atoms with Gasteiger partial charge in [0.25, 0.3) is 0 Å². The van der Waals surface area contributed by atoms with Crippen molar-refractivity contribution in [2.75, 3.05) is 13.2 Å². The van der Waals surface area contributed by atoms with Crippen LogP contribution in [-0.4, -0.2) is 23.8 Å². The molecule has 0 aromatic carbocycles. The lowest BCUT2D eigenvalue weighted by Gasteiger charge is -2.42. The van der Waals surface area contributed by atoms with Crippen LogP contribution in [0.25, 0.3) is 0 Å². The van der Waals surface area contributed by atoms with Crippen molar-refractivity contribution in [3.8, 4) is 0 Å². The van der Waals surface area contributed by atoms with Crippen molar-refractivity contribution in [2.45, 2.75) is 25.3 Å². The molecule has 52 valence electrons. The first-order valence-electron chi connectivity index (χ1n) is 3.54. The summed E-state index contributed by atoms with van der Waals surface area (Å²) in [6.07, 6.45) is 2.35. The van der Waals surface area contributed by atoms with E-state index < -0.39 is 0 Å². The Labute approximate surface area is 55.3 Å². The molecule has 0 amide bonds. The molecule has 2 heterocycles. The third kappa shape index (κ3) is 0.578. The SMILES string of the molecule is CC12CNC(CO)(C1)C2. The fourth-order valence-corrected chi connectivity index (χ4v) is 2.40. The van der Waals surface area contributed by atoms with Crippen molar-refractivity contribution < 1.29 is 5.11 Å². The molecule has 2 bridgehead atoms. The summed E-state index contributed by atoms with van der Waals surface area (Å²) in [5.41, 5.74) is 0.678. The molecule has 3 aliphatic rings. The molecule has 2 N–H and O–H groups in total. The second-order valence-electron chi connectivity index (χ2n) is 3.96. The number of aliphatic hydroxyl groups excluding tert-OH is 1. The highest BCUT2D eigenvalue weighted by Crippen LogP contribution is 2.52.